The van der Waals surface area contributed by atoms with Crippen LogP contribution in [0, 0.1) is 0 Å². The molecule has 2 aromatic heterocycles. The number of hydrazone groups is 1. The van der Waals surface area contributed by atoms with E-state index in [0.717, 1.165) is 22.0 Å². The van der Waals surface area contributed by atoms with Crippen LogP contribution in [0.1, 0.15) is 12.5 Å². The largest absolute Gasteiger partial charge is 0.259 e. The fourth-order valence-electron chi connectivity index (χ4n) is 2.56. The highest BCUT2D eigenvalue weighted by Gasteiger charge is 2.09. The number of aromatic nitrogens is 4. The molecule has 0 aliphatic carbocycles. The fraction of sp³-hybridized carbons (Fsp3) is 0.0588. The van der Waals surface area contributed by atoms with Crippen molar-refractivity contribution in [1.82, 2.24) is 19.8 Å². The van der Waals surface area contributed by atoms with Crippen LogP contribution in [0.15, 0.2) is 60.0 Å². The molecular weight excluding hydrogens is 324 g/mol. The number of hydrogen-bond donors (Lipinski definition) is 1. The highest BCUT2D eigenvalue weighted by Crippen LogP contribution is 2.24. The molecule has 0 atom stereocenters. The maximum Gasteiger partial charge on any atom is 0.185 e. The first-order valence-corrected chi connectivity index (χ1v) is 7.76. The van der Waals surface area contributed by atoms with Crippen molar-refractivity contribution in [3.63, 3.8) is 0 Å². The Kier molecular flexibility index (Phi) is 3.59. The molecule has 0 aliphatic heterocycles. The summed E-state index contributed by atoms with van der Waals surface area (Å²) in [5, 5.41) is 19.5. The molecule has 0 saturated heterocycles. The van der Waals surface area contributed by atoms with E-state index < -0.39 is 0 Å². The zero-order chi connectivity index (χ0) is 16.5. The minimum Gasteiger partial charge on any atom is -0.259 e. The first kappa shape index (κ1) is 14.6. The normalized spacial score (nSPS) is 12.0. The van der Waals surface area contributed by atoms with Gasteiger partial charge >= 0.3 is 0 Å². The van der Waals surface area contributed by atoms with E-state index in [0.29, 0.717) is 16.5 Å². The van der Waals surface area contributed by atoms with E-state index >= 15 is 0 Å². The van der Waals surface area contributed by atoms with Crippen LogP contribution < -0.4 is 5.43 Å². The summed E-state index contributed by atoms with van der Waals surface area (Å²) in [4.78, 5) is 0. The van der Waals surface area contributed by atoms with E-state index in [2.05, 4.69) is 25.8 Å². The van der Waals surface area contributed by atoms with E-state index in [4.69, 9.17) is 11.6 Å². The van der Waals surface area contributed by atoms with Crippen LogP contribution in [0.4, 0.5) is 5.82 Å². The van der Waals surface area contributed by atoms with Gasteiger partial charge in [-0.15, -0.1) is 15.3 Å². The summed E-state index contributed by atoms with van der Waals surface area (Å²) in [5.41, 5.74) is 5.40. The first-order chi connectivity index (χ1) is 11.7. The van der Waals surface area contributed by atoms with E-state index in [1.165, 1.54) is 0 Å². The van der Waals surface area contributed by atoms with E-state index in [1.54, 1.807) is 10.8 Å². The summed E-state index contributed by atoms with van der Waals surface area (Å²) < 4.78 is 1.63. The van der Waals surface area contributed by atoms with Crippen LogP contribution in [0.25, 0.3) is 16.4 Å². The SMILES string of the molecule is C/C(=N\Nc1nn2cnnc2c2ccccc12)c1ccccc1Cl. The number of halogens is 1. The van der Waals surface area contributed by atoms with Crippen LogP contribution >= 0.6 is 11.6 Å². The van der Waals surface area contributed by atoms with Crippen molar-refractivity contribution in [2.24, 2.45) is 5.10 Å². The van der Waals surface area contributed by atoms with Crippen molar-refractivity contribution in [3.05, 3.63) is 65.4 Å². The molecular formula is C17H13ClN6. The Morgan fingerprint density at radius 1 is 1.08 bits per heavy atom. The van der Waals surface area contributed by atoms with Gasteiger partial charge in [-0.05, 0) is 13.0 Å². The van der Waals surface area contributed by atoms with Crippen molar-refractivity contribution >= 4 is 39.6 Å². The van der Waals surface area contributed by atoms with Gasteiger partial charge in [0.25, 0.3) is 0 Å². The van der Waals surface area contributed by atoms with Crippen LogP contribution in [-0.4, -0.2) is 25.5 Å². The number of nitrogens with zero attached hydrogens (tertiary/aromatic N) is 5. The van der Waals surface area contributed by atoms with Crippen molar-refractivity contribution < 1.29 is 0 Å². The molecule has 0 aliphatic rings. The molecule has 0 saturated carbocycles. The van der Waals surface area contributed by atoms with Gasteiger partial charge in [0.15, 0.2) is 11.5 Å². The monoisotopic (exact) mass is 336 g/mol. The highest BCUT2D eigenvalue weighted by molar-refractivity contribution is 6.34. The Bertz CT molecular complexity index is 1070. The zero-order valence-corrected chi connectivity index (χ0v) is 13.6. The van der Waals surface area contributed by atoms with Gasteiger partial charge in [-0.1, -0.05) is 54.1 Å². The smallest absolute Gasteiger partial charge is 0.185 e. The quantitative estimate of drug-likeness (QED) is 0.457. The van der Waals surface area contributed by atoms with Crippen molar-refractivity contribution in [3.8, 4) is 0 Å². The third kappa shape index (κ3) is 2.47. The van der Waals surface area contributed by atoms with Crippen LogP contribution in [0.3, 0.4) is 0 Å². The minimum absolute atomic E-state index is 0.629. The Labute approximate surface area is 142 Å². The molecule has 1 N–H and O–H groups in total. The summed E-state index contributed by atoms with van der Waals surface area (Å²) in [7, 11) is 0. The highest BCUT2D eigenvalue weighted by atomic mass is 35.5. The Hall–Kier alpha value is -2.99. The third-order valence-corrected chi connectivity index (χ3v) is 4.08. The molecule has 6 nitrogen and oxygen atoms in total. The minimum atomic E-state index is 0.629. The lowest BCUT2D eigenvalue weighted by atomic mass is 10.1. The van der Waals surface area contributed by atoms with E-state index in [1.807, 2.05) is 55.5 Å². The van der Waals surface area contributed by atoms with Crippen molar-refractivity contribution in [1.29, 1.82) is 0 Å². The molecule has 24 heavy (non-hydrogen) atoms. The van der Waals surface area contributed by atoms with Crippen molar-refractivity contribution in [2.75, 3.05) is 5.43 Å². The van der Waals surface area contributed by atoms with Crippen LogP contribution in [0.2, 0.25) is 5.02 Å². The number of rotatable bonds is 3. The summed E-state index contributed by atoms with van der Waals surface area (Å²) in [5.74, 6) is 0.629. The van der Waals surface area contributed by atoms with Gasteiger partial charge in [-0.3, -0.25) is 5.43 Å². The lowest BCUT2D eigenvalue weighted by Gasteiger charge is -2.08. The molecule has 0 bridgehead atoms. The number of nitrogens with one attached hydrogen (secondary N) is 1. The summed E-state index contributed by atoms with van der Waals surface area (Å²) in [6.45, 7) is 1.90. The molecule has 0 spiro atoms. The predicted octanol–water partition coefficient (Wildman–Crippen LogP) is 3.77. The Balaban J connectivity index is 1.79. The van der Waals surface area contributed by atoms with Crippen LogP contribution in [-0.2, 0) is 0 Å². The predicted molar refractivity (Wildman–Crippen MR) is 95.6 cm³/mol. The molecule has 0 fully saturated rings. The van der Waals surface area contributed by atoms with Gasteiger partial charge in [0.05, 0.1) is 5.71 Å². The zero-order valence-electron chi connectivity index (χ0n) is 12.8. The number of anilines is 1. The molecule has 0 amide bonds. The first-order valence-electron chi connectivity index (χ1n) is 7.38. The van der Waals surface area contributed by atoms with Gasteiger partial charge < -0.3 is 0 Å². The standard InChI is InChI=1S/C17H13ClN6/c1-11(12-6-4-5-9-15(12)18)20-21-16-13-7-2-3-8-14(13)17-22-19-10-24(17)23-16/h2-10H,1H3,(H,21,23)/b20-11+. The fourth-order valence-corrected chi connectivity index (χ4v) is 2.83. The number of fused-ring (bicyclic) bond motifs is 3. The third-order valence-electron chi connectivity index (χ3n) is 3.75. The maximum absolute atomic E-state index is 6.21. The number of benzene rings is 2. The van der Waals surface area contributed by atoms with Gasteiger partial charge in [0.2, 0.25) is 0 Å². The van der Waals surface area contributed by atoms with Gasteiger partial charge in [-0.2, -0.15) is 9.62 Å². The summed E-state index contributed by atoms with van der Waals surface area (Å²) in [6.07, 6.45) is 1.57. The van der Waals surface area contributed by atoms with Crippen molar-refractivity contribution in [2.45, 2.75) is 6.92 Å². The summed E-state index contributed by atoms with van der Waals surface area (Å²) in [6, 6.07) is 15.4. The van der Waals surface area contributed by atoms with E-state index in [9.17, 15) is 0 Å². The van der Waals surface area contributed by atoms with E-state index in [-0.39, 0.29) is 0 Å². The molecule has 2 aromatic carbocycles. The van der Waals surface area contributed by atoms with Gasteiger partial charge in [-0.25, -0.2) is 0 Å². The summed E-state index contributed by atoms with van der Waals surface area (Å²) >= 11 is 6.21. The second-order valence-corrected chi connectivity index (χ2v) is 5.69. The Morgan fingerprint density at radius 2 is 1.83 bits per heavy atom. The lowest BCUT2D eigenvalue weighted by molar-refractivity contribution is 0.934. The molecule has 7 heteroatoms. The molecule has 4 rings (SSSR count). The molecule has 4 aromatic rings. The second-order valence-electron chi connectivity index (χ2n) is 5.28. The Morgan fingerprint density at radius 3 is 2.67 bits per heavy atom. The van der Waals surface area contributed by atoms with Gasteiger partial charge in [0, 0.05) is 21.4 Å². The molecule has 0 unspecified atom stereocenters. The average molecular weight is 337 g/mol. The molecule has 0 radical (unpaired) electrons. The molecule has 118 valence electrons. The maximum atomic E-state index is 6.21. The lowest BCUT2D eigenvalue weighted by Crippen LogP contribution is -2.04. The average Bonchev–Trinajstić information content (AvgIpc) is 3.08. The van der Waals surface area contributed by atoms with Gasteiger partial charge in [0.1, 0.15) is 6.33 Å². The van der Waals surface area contributed by atoms with Crippen LogP contribution in [0.5, 0.6) is 0 Å². The topological polar surface area (TPSA) is 67.5 Å². The second kappa shape index (κ2) is 5.90. The molecule has 2 heterocycles. The number of hydrogen-bond acceptors (Lipinski definition) is 5.